The zero-order valence-corrected chi connectivity index (χ0v) is 7.20. The van der Waals surface area contributed by atoms with Crippen LogP contribution in [0.4, 0.5) is 0 Å². The Hall–Kier alpha value is -0.120. The number of hydrogen-bond acceptors (Lipinski definition) is 3. The zero-order chi connectivity index (χ0) is 7.82. The lowest BCUT2D eigenvalue weighted by molar-refractivity contribution is 0.458. The second kappa shape index (κ2) is 6.99. The summed E-state index contributed by atoms with van der Waals surface area (Å²) in [5, 5.41) is 3.26. The second-order valence-electron chi connectivity index (χ2n) is 2.57. The van der Waals surface area contributed by atoms with E-state index in [1.54, 1.807) is 0 Å². The molecule has 3 heteroatoms. The van der Waals surface area contributed by atoms with Crippen LogP contribution in [0.25, 0.3) is 0 Å². The molecule has 0 aromatic rings. The molecule has 0 spiro atoms. The van der Waals surface area contributed by atoms with E-state index in [2.05, 4.69) is 30.0 Å². The Morgan fingerprint density at radius 2 is 2.10 bits per heavy atom. The van der Waals surface area contributed by atoms with Gasteiger partial charge in [-0.15, -0.1) is 0 Å². The molecule has 0 fully saturated rings. The van der Waals surface area contributed by atoms with Crippen molar-refractivity contribution in [2.24, 2.45) is 5.92 Å². The highest BCUT2D eigenvalue weighted by Gasteiger charge is 1.94. The molecule has 0 amide bonds. The molecule has 0 aliphatic heterocycles. The first-order valence-corrected chi connectivity index (χ1v) is 3.91. The molecule has 3 N–H and O–H groups in total. The standard InChI is InChI=1S/C7H19N3/c1-4-7(2)5-9-6-10-8-3/h7-10H,4-6H2,1-3H3. The van der Waals surface area contributed by atoms with Gasteiger partial charge in [-0.25, -0.2) is 5.43 Å². The SMILES string of the molecule is CCC(C)CNCNNC. The van der Waals surface area contributed by atoms with Crippen LogP contribution in [-0.2, 0) is 0 Å². The lowest BCUT2D eigenvalue weighted by atomic mass is 10.1. The summed E-state index contributed by atoms with van der Waals surface area (Å²) < 4.78 is 0. The molecule has 0 saturated heterocycles. The molecule has 62 valence electrons. The summed E-state index contributed by atoms with van der Waals surface area (Å²) in [5.74, 6) is 0.777. The van der Waals surface area contributed by atoms with Crippen LogP contribution in [0.3, 0.4) is 0 Å². The fraction of sp³-hybridized carbons (Fsp3) is 1.00. The molecule has 0 rings (SSSR count). The molecule has 1 unspecified atom stereocenters. The summed E-state index contributed by atoms with van der Waals surface area (Å²) in [6.45, 7) is 6.37. The van der Waals surface area contributed by atoms with Crippen LogP contribution in [0.2, 0.25) is 0 Å². The third-order valence-electron chi connectivity index (χ3n) is 1.58. The lowest BCUT2D eigenvalue weighted by Crippen LogP contribution is -2.38. The topological polar surface area (TPSA) is 36.1 Å². The molecule has 10 heavy (non-hydrogen) atoms. The Bertz CT molecular complexity index is 65.9. The van der Waals surface area contributed by atoms with Crippen LogP contribution in [0.1, 0.15) is 20.3 Å². The molecule has 0 aromatic heterocycles. The maximum atomic E-state index is 3.26. The number of hydrogen-bond donors (Lipinski definition) is 3. The average Bonchev–Trinajstić information content (AvgIpc) is 1.98. The molecule has 3 nitrogen and oxygen atoms in total. The monoisotopic (exact) mass is 145 g/mol. The minimum atomic E-state index is 0.777. The van der Waals surface area contributed by atoms with Crippen LogP contribution in [-0.4, -0.2) is 20.3 Å². The predicted octanol–water partition coefficient (Wildman–Crippen LogP) is 0.304. The van der Waals surface area contributed by atoms with E-state index < -0.39 is 0 Å². The predicted molar refractivity (Wildman–Crippen MR) is 44.5 cm³/mol. The summed E-state index contributed by atoms with van der Waals surface area (Å²) in [6.07, 6.45) is 1.24. The van der Waals surface area contributed by atoms with E-state index in [1.165, 1.54) is 6.42 Å². The van der Waals surface area contributed by atoms with Gasteiger partial charge in [-0.3, -0.25) is 5.43 Å². The highest BCUT2D eigenvalue weighted by Crippen LogP contribution is 1.95. The van der Waals surface area contributed by atoms with Crippen molar-refractivity contribution in [1.82, 2.24) is 16.2 Å². The van der Waals surface area contributed by atoms with E-state index >= 15 is 0 Å². The van der Waals surface area contributed by atoms with E-state index in [0.717, 1.165) is 19.1 Å². The normalized spacial score (nSPS) is 13.5. The molecular formula is C7H19N3. The summed E-state index contributed by atoms with van der Waals surface area (Å²) in [4.78, 5) is 0. The first kappa shape index (κ1) is 9.88. The first-order chi connectivity index (χ1) is 4.81. The molecular weight excluding hydrogens is 126 g/mol. The zero-order valence-electron chi connectivity index (χ0n) is 7.20. The maximum absolute atomic E-state index is 3.26. The van der Waals surface area contributed by atoms with Crippen LogP contribution < -0.4 is 16.2 Å². The van der Waals surface area contributed by atoms with Crippen molar-refractivity contribution in [2.75, 3.05) is 20.3 Å². The fourth-order valence-corrected chi connectivity index (χ4v) is 0.614. The number of hydrazine groups is 1. The average molecular weight is 145 g/mol. The molecule has 0 aromatic carbocycles. The van der Waals surface area contributed by atoms with Crippen molar-refractivity contribution in [3.63, 3.8) is 0 Å². The molecule has 1 atom stereocenters. The van der Waals surface area contributed by atoms with Crippen LogP contribution in [0, 0.1) is 5.92 Å². The van der Waals surface area contributed by atoms with Gasteiger partial charge in [0.2, 0.25) is 0 Å². The molecule has 0 radical (unpaired) electrons. The van der Waals surface area contributed by atoms with Crippen molar-refractivity contribution in [3.8, 4) is 0 Å². The van der Waals surface area contributed by atoms with Crippen molar-refractivity contribution in [2.45, 2.75) is 20.3 Å². The smallest absolute Gasteiger partial charge is 0.0589 e. The van der Waals surface area contributed by atoms with Gasteiger partial charge >= 0.3 is 0 Å². The third kappa shape index (κ3) is 6.01. The second-order valence-corrected chi connectivity index (χ2v) is 2.57. The summed E-state index contributed by atoms with van der Waals surface area (Å²) in [6, 6.07) is 0. The molecule has 0 aliphatic rings. The van der Waals surface area contributed by atoms with E-state index in [9.17, 15) is 0 Å². The Balaban J connectivity index is 2.89. The van der Waals surface area contributed by atoms with Gasteiger partial charge in [0, 0.05) is 0 Å². The molecule has 0 aliphatic carbocycles. The van der Waals surface area contributed by atoms with Gasteiger partial charge in [0.1, 0.15) is 0 Å². The van der Waals surface area contributed by atoms with E-state index in [1.807, 2.05) is 7.05 Å². The van der Waals surface area contributed by atoms with Gasteiger partial charge in [-0.05, 0) is 19.5 Å². The van der Waals surface area contributed by atoms with Crippen molar-refractivity contribution < 1.29 is 0 Å². The van der Waals surface area contributed by atoms with Gasteiger partial charge in [0.15, 0.2) is 0 Å². The lowest BCUT2D eigenvalue weighted by Gasteiger charge is -2.09. The van der Waals surface area contributed by atoms with Crippen molar-refractivity contribution in [3.05, 3.63) is 0 Å². The first-order valence-electron chi connectivity index (χ1n) is 3.91. The number of nitrogens with one attached hydrogen (secondary N) is 3. The Morgan fingerprint density at radius 3 is 2.60 bits per heavy atom. The largest absolute Gasteiger partial charge is 0.303 e. The Morgan fingerprint density at radius 1 is 1.40 bits per heavy atom. The Labute approximate surface area is 63.5 Å². The van der Waals surface area contributed by atoms with Gasteiger partial charge in [-0.1, -0.05) is 20.3 Å². The maximum Gasteiger partial charge on any atom is 0.0589 e. The highest BCUT2D eigenvalue weighted by atomic mass is 15.4. The molecule has 0 saturated carbocycles. The highest BCUT2D eigenvalue weighted by molar-refractivity contribution is 4.52. The van der Waals surface area contributed by atoms with E-state index in [0.29, 0.717) is 0 Å². The molecule has 0 bridgehead atoms. The van der Waals surface area contributed by atoms with E-state index in [4.69, 9.17) is 0 Å². The minimum Gasteiger partial charge on any atom is -0.303 e. The van der Waals surface area contributed by atoms with Crippen molar-refractivity contribution >= 4 is 0 Å². The number of rotatable bonds is 6. The minimum absolute atomic E-state index is 0.777. The van der Waals surface area contributed by atoms with Crippen molar-refractivity contribution in [1.29, 1.82) is 0 Å². The van der Waals surface area contributed by atoms with Gasteiger partial charge < -0.3 is 5.32 Å². The van der Waals surface area contributed by atoms with Gasteiger partial charge in [-0.2, -0.15) is 0 Å². The fourth-order valence-electron chi connectivity index (χ4n) is 0.614. The van der Waals surface area contributed by atoms with Crippen LogP contribution in [0.15, 0.2) is 0 Å². The van der Waals surface area contributed by atoms with Gasteiger partial charge in [0.25, 0.3) is 0 Å². The van der Waals surface area contributed by atoms with E-state index in [-0.39, 0.29) is 0 Å². The van der Waals surface area contributed by atoms with Crippen LogP contribution >= 0.6 is 0 Å². The quantitative estimate of drug-likeness (QED) is 0.286. The third-order valence-corrected chi connectivity index (χ3v) is 1.58. The summed E-state index contributed by atoms with van der Waals surface area (Å²) in [5.41, 5.74) is 5.81. The Kier molecular flexibility index (Phi) is 6.91. The summed E-state index contributed by atoms with van der Waals surface area (Å²) in [7, 11) is 1.87. The molecule has 0 heterocycles. The van der Waals surface area contributed by atoms with Gasteiger partial charge in [0.05, 0.1) is 6.67 Å². The summed E-state index contributed by atoms with van der Waals surface area (Å²) >= 11 is 0. The van der Waals surface area contributed by atoms with Crippen LogP contribution in [0.5, 0.6) is 0 Å².